The number of amides is 1. The van der Waals surface area contributed by atoms with E-state index in [9.17, 15) is 9.59 Å². The van der Waals surface area contributed by atoms with E-state index in [-0.39, 0.29) is 23.2 Å². The lowest BCUT2D eigenvalue weighted by atomic mass is 10.2. The van der Waals surface area contributed by atoms with E-state index in [0.29, 0.717) is 12.2 Å². The highest BCUT2D eigenvalue weighted by Crippen LogP contribution is 2.16. The number of carbonyl (C=O) groups excluding carboxylic acids is 1. The molecule has 1 amide bonds. The molecule has 0 radical (unpaired) electrons. The molecule has 0 saturated carbocycles. The second-order valence-corrected chi connectivity index (χ2v) is 7.07. The van der Waals surface area contributed by atoms with E-state index in [1.807, 2.05) is 11.0 Å². The van der Waals surface area contributed by atoms with Gasteiger partial charge in [0.15, 0.2) is 0 Å². The maximum atomic E-state index is 13.0. The van der Waals surface area contributed by atoms with E-state index in [4.69, 9.17) is 0 Å². The number of aromatic nitrogens is 3. The van der Waals surface area contributed by atoms with Crippen molar-refractivity contribution >= 4 is 11.6 Å². The summed E-state index contributed by atoms with van der Waals surface area (Å²) in [6, 6.07) is 10.5. The van der Waals surface area contributed by atoms with Gasteiger partial charge in [-0.3, -0.25) is 14.5 Å². The van der Waals surface area contributed by atoms with Gasteiger partial charge in [0.25, 0.3) is 11.5 Å². The zero-order chi connectivity index (χ0) is 18.8. The Morgan fingerprint density at radius 3 is 2.85 bits per heavy atom. The van der Waals surface area contributed by atoms with Gasteiger partial charge in [-0.1, -0.05) is 30.3 Å². The van der Waals surface area contributed by atoms with Crippen LogP contribution in [0.1, 0.15) is 29.4 Å². The Kier molecular flexibility index (Phi) is 4.77. The van der Waals surface area contributed by atoms with Gasteiger partial charge in [0.05, 0.1) is 0 Å². The Balaban J connectivity index is 1.50. The summed E-state index contributed by atoms with van der Waals surface area (Å²) in [4.78, 5) is 36.0. The van der Waals surface area contributed by atoms with Gasteiger partial charge in [-0.2, -0.15) is 0 Å². The first-order valence-electron chi connectivity index (χ1n) is 9.25. The molecule has 1 unspecified atom stereocenters. The second-order valence-electron chi connectivity index (χ2n) is 7.07. The zero-order valence-corrected chi connectivity index (χ0v) is 15.3. The average molecular weight is 365 g/mol. The van der Waals surface area contributed by atoms with Crippen LogP contribution in [0.25, 0.3) is 5.65 Å². The molecule has 1 fully saturated rings. The Bertz CT molecular complexity index is 994. The molecule has 1 saturated heterocycles. The van der Waals surface area contributed by atoms with Crippen LogP contribution in [0.4, 0.5) is 0 Å². The molecule has 1 aliphatic heterocycles. The van der Waals surface area contributed by atoms with Crippen LogP contribution in [-0.4, -0.2) is 55.8 Å². The maximum absolute atomic E-state index is 13.0. The number of benzene rings is 1. The first-order chi connectivity index (χ1) is 13.1. The molecule has 0 aliphatic carbocycles. The van der Waals surface area contributed by atoms with E-state index >= 15 is 0 Å². The third-order valence-electron chi connectivity index (χ3n) is 5.04. The molecular formula is C20H23N5O2. The van der Waals surface area contributed by atoms with Gasteiger partial charge in [0.1, 0.15) is 5.69 Å². The Morgan fingerprint density at radius 1 is 1.26 bits per heavy atom. The standard InChI is InChI=1S/C20H23N5O2/c1-15-12-23(13-16-6-3-2-4-7-16)9-5-10-25(15)20(27)17-14-24-11-8-21-19(26)18(24)22-17/h2-4,6-8,11,14-15H,5,9-10,12-13H2,1H3,(H,21,26). The van der Waals surface area contributed by atoms with Gasteiger partial charge < -0.3 is 14.3 Å². The number of aromatic amines is 1. The molecule has 4 rings (SSSR count). The average Bonchev–Trinajstić information content (AvgIpc) is 3.03. The summed E-state index contributed by atoms with van der Waals surface area (Å²) in [5.41, 5.74) is 1.54. The first-order valence-corrected chi connectivity index (χ1v) is 9.25. The number of rotatable bonds is 3. The van der Waals surface area contributed by atoms with E-state index in [1.54, 1.807) is 23.0 Å². The van der Waals surface area contributed by atoms with Crippen molar-refractivity contribution < 1.29 is 4.79 Å². The monoisotopic (exact) mass is 365 g/mol. The normalized spacial score (nSPS) is 18.6. The third-order valence-corrected chi connectivity index (χ3v) is 5.04. The van der Waals surface area contributed by atoms with Gasteiger partial charge >= 0.3 is 0 Å². The van der Waals surface area contributed by atoms with Crippen molar-refractivity contribution in [1.82, 2.24) is 24.2 Å². The number of hydrogen-bond donors (Lipinski definition) is 1. The van der Waals surface area contributed by atoms with Gasteiger partial charge in [0.2, 0.25) is 5.65 Å². The number of fused-ring (bicyclic) bond motifs is 1. The molecule has 7 nitrogen and oxygen atoms in total. The summed E-state index contributed by atoms with van der Waals surface area (Å²) >= 11 is 0. The third kappa shape index (κ3) is 3.64. The van der Waals surface area contributed by atoms with Crippen molar-refractivity contribution in [2.45, 2.75) is 25.9 Å². The van der Waals surface area contributed by atoms with E-state index < -0.39 is 0 Å². The summed E-state index contributed by atoms with van der Waals surface area (Å²) in [7, 11) is 0. The van der Waals surface area contributed by atoms with Crippen LogP contribution < -0.4 is 5.56 Å². The predicted octanol–water partition coefficient (Wildman–Crippen LogP) is 1.76. The number of nitrogens with zero attached hydrogens (tertiary/aromatic N) is 4. The molecule has 27 heavy (non-hydrogen) atoms. The fourth-order valence-electron chi connectivity index (χ4n) is 3.72. The molecule has 3 aromatic rings. The summed E-state index contributed by atoms with van der Waals surface area (Å²) in [6.45, 7) is 5.42. The Hall–Kier alpha value is -2.93. The molecule has 1 N–H and O–H groups in total. The highest BCUT2D eigenvalue weighted by molar-refractivity contribution is 5.93. The molecule has 7 heteroatoms. The molecule has 1 atom stereocenters. The topological polar surface area (TPSA) is 73.7 Å². The zero-order valence-electron chi connectivity index (χ0n) is 15.3. The van der Waals surface area contributed by atoms with Crippen LogP contribution in [0.2, 0.25) is 0 Å². The molecular weight excluding hydrogens is 342 g/mol. The van der Waals surface area contributed by atoms with Gasteiger partial charge in [0, 0.05) is 50.8 Å². The van der Waals surface area contributed by atoms with Crippen molar-refractivity contribution in [1.29, 1.82) is 0 Å². The largest absolute Gasteiger partial charge is 0.333 e. The highest BCUT2D eigenvalue weighted by atomic mass is 16.2. The number of carbonyl (C=O) groups is 1. The molecule has 2 aromatic heterocycles. The van der Waals surface area contributed by atoms with E-state index in [1.165, 1.54) is 5.56 Å². The summed E-state index contributed by atoms with van der Waals surface area (Å²) < 4.78 is 1.59. The van der Waals surface area contributed by atoms with Crippen LogP contribution in [0.15, 0.2) is 53.7 Å². The van der Waals surface area contributed by atoms with Crippen LogP contribution in [0.3, 0.4) is 0 Å². The van der Waals surface area contributed by atoms with Crippen molar-refractivity contribution in [2.24, 2.45) is 0 Å². The molecule has 3 heterocycles. The van der Waals surface area contributed by atoms with Crippen LogP contribution >= 0.6 is 0 Å². The molecule has 0 spiro atoms. The SMILES string of the molecule is CC1CN(Cc2ccccc2)CCCN1C(=O)c1cn2cc[nH]c(=O)c2n1. The number of imidazole rings is 1. The lowest BCUT2D eigenvalue weighted by molar-refractivity contribution is 0.0686. The smallest absolute Gasteiger partial charge is 0.291 e. The summed E-state index contributed by atoms with van der Waals surface area (Å²) in [5.74, 6) is -0.118. The van der Waals surface area contributed by atoms with Gasteiger partial charge in [-0.15, -0.1) is 0 Å². The maximum Gasteiger partial charge on any atom is 0.291 e. The Morgan fingerprint density at radius 2 is 2.07 bits per heavy atom. The lowest BCUT2D eigenvalue weighted by Crippen LogP contribution is -2.42. The predicted molar refractivity (Wildman–Crippen MR) is 103 cm³/mol. The fraction of sp³-hybridized carbons (Fsp3) is 0.350. The van der Waals surface area contributed by atoms with E-state index in [0.717, 1.165) is 26.1 Å². The van der Waals surface area contributed by atoms with Gasteiger partial charge in [-0.25, -0.2) is 4.98 Å². The fourth-order valence-corrected chi connectivity index (χ4v) is 3.72. The lowest BCUT2D eigenvalue weighted by Gasteiger charge is -2.28. The minimum atomic E-state index is -0.297. The van der Waals surface area contributed by atoms with Crippen LogP contribution in [0, 0.1) is 0 Å². The van der Waals surface area contributed by atoms with Crippen molar-refractivity contribution in [3.8, 4) is 0 Å². The molecule has 140 valence electrons. The second kappa shape index (κ2) is 7.36. The quantitative estimate of drug-likeness (QED) is 0.768. The van der Waals surface area contributed by atoms with E-state index in [2.05, 4.69) is 46.1 Å². The molecule has 1 aromatic carbocycles. The van der Waals surface area contributed by atoms with Crippen LogP contribution in [0.5, 0.6) is 0 Å². The Labute approximate surface area is 157 Å². The summed E-state index contributed by atoms with van der Waals surface area (Å²) in [6.07, 6.45) is 5.78. The van der Waals surface area contributed by atoms with Crippen molar-refractivity contribution in [3.63, 3.8) is 0 Å². The summed E-state index contributed by atoms with van der Waals surface area (Å²) in [5, 5.41) is 0. The van der Waals surface area contributed by atoms with Gasteiger partial charge in [-0.05, 0) is 18.9 Å². The molecule has 1 aliphatic rings. The van der Waals surface area contributed by atoms with Crippen molar-refractivity contribution in [2.75, 3.05) is 19.6 Å². The number of H-pyrrole nitrogens is 1. The van der Waals surface area contributed by atoms with Crippen molar-refractivity contribution in [3.05, 3.63) is 70.5 Å². The highest BCUT2D eigenvalue weighted by Gasteiger charge is 2.27. The minimum Gasteiger partial charge on any atom is -0.333 e. The number of nitrogens with one attached hydrogen (secondary N) is 1. The van der Waals surface area contributed by atoms with Crippen LogP contribution in [-0.2, 0) is 6.54 Å². The minimum absolute atomic E-state index is 0.0757. The molecule has 0 bridgehead atoms. The first kappa shape index (κ1) is 17.5. The number of hydrogen-bond acceptors (Lipinski definition) is 4.